The molecule has 0 saturated heterocycles. The molecule has 0 radical (unpaired) electrons. The van der Waals surface area contributed by atoms with Gasteiger partial charge in [0.1, 0.15) is 0 Å². The average Bonchev–Trinajstić information content (AvgIpc) is 3.30. The molecule has 1 saturated carbocycles. The first-order chi connectivity index (χ1) is 14.5. The summed E-state index contributed by atoms with van der Waals surface area (Å²) in [6, 6.07) is 2.21. The quantitative estimate of drug-likeness (QED) is 0.598. The molecule has 0 aliphatic heterocycles. The monoisotopic (exact) mass is 458 g/mol. The van der Waals surface area contributed by atoms with Crippen LogP contribution in [0, 0.1) is 5.92 Å². The SMILES string of the molecule is COc1nccc(C(F)(F)F)c1S(=O)(=O)Nc1nc2nc(C3CC3C)cc(OC)n2n1. The molecule has 0 amide bonds. The van der Waals surface area contributed by atoms with E-state index in [4.69, 9.17) is 9.47 Å². The van der Waals surface area contributed by atoms with Crippen molar-refractivity contribution in [2.24, 2.45) is 5.92 Å². The number of nitrogens with zero attached hydrogens (tertiary/aromatic N) is 5. The Morgan fingerprint density at radius 1 is 1.23 bits per heavy atom. The summed E-state index contributed by atoms with van der Waals surface area (Å²) in [6.07, 6.45) is -3.21. The Balaban J connectivity index is 1.77. The fourth-order valence-electron chi connectivity index (χ4n) is 3.20. The summed E-state index contributed by atoms with van der Waals surface area (Å²) in [5.74, 6) is -0.228. The summed E-state index contributed by atoms with van der Waals surface area (Å²) in [6.45, 7) is 2.06. The van der Waals surface area contributed by atoms with Gasteiger partial charge >= 0.3 is 6.18 Å². The number of anilines is 1. The number of aromatic nitrogens is 5. The van der Waals surface area contributed by atoms with Crippen molar-refractivity contribution in [3.63, 3.8) is 0 Å². The topological polar surface area (TPSA) is 121 Å². The number of nitrogens with one attached hydrogen (secondary N) is 1. The van der Waals surface area contributed by atoms with Gasteiger partial charge in [0.2, 0.25) is 11.8 Å². The molecule has 1 fully saturated rings. The van der Waals surface area contributed by atoms with Crippen LogP contribution in [-0.4, -0.2) is 47.2 Å². The molecule has 1 N–H and O–H groups in total. The lowest BCUT2D eigenvalue weighted by molar-refractivity contribution is -0.140. The van der Waals surface area contributed by atoms with Crippen molar-refractivity contribution in [3.8, 4) is 11.8 Å². The molecule has 166 valence electrons. The molecule has 1 aliphatic rings. The maximum Gasteiger partial charge on any atom is 0.418 e. The van der Waals surface area contributed by atoms with E-state index in [0.29, 0.717) is 17.7 Å². The normalized spacial score (nSPS) is 18.8. The average molecular weight is 458 g/mol. The van der Waals surface area contributed by atoms with Gasteiger partial charge in [-0.05, 0) is 18.4 Å². The van der Waals surface area contributed by atoms with E-state index in [9.17, 15) is 21.6 Å². The molecule has 4 rings (SSSR count). The minimum Gasteiger partial charge on any atom is -0.481 e. The van der Waals surface area contributed by atoms with Crippen molar-refractivity contribution in [2.45, 2.75) is 30.3 Å². The minimum atomic E-state index is -4.97. The Morgan fingerprint density at radius 3 is 2.52 bits per heavy atom. The van der Waals surface area contributed by atoms with Crippen molar-refractivity contribution in [2.75, 3.05) is 18.9 Å². The molecule has 14 heteroatoms. The van der Waals surface area contributed by atoms with E-state index in [-0.39, 0.29) is 17.6 Å². The Bertz CT molecular complexity index is 1260. The second-order valence-corrected chi connectivity index (χ2v) is 8.61. The van der Waals surface area contributed by atoms with E-state index in [1.807, 2.05) is 4.72 Å². The Kier molecular flexibility index (Phi) is 4.91. The van der Waals surface area contributed by atoms with Crippen molar-refractivity contribution < 1.29 is 31.1 Å². The summed E-state index contributed by atoms with van der Waals surface area (Å²) in [5.41, 5.74) is -0.719. The van der Waals surface area contributed by atoms with Gasteiger partial charge in [0, 0.05) is 18.2 Å². The Hall–Kier alpha value is -3.16. The lowest BCUT2D eigenvalue weighted by Crippen LogP contribution is -2.21. The van der Waals surface area contributed by atoms with Crippen LogP contribution in [0.25, 0.3) is 5.78 Å². The molecule has 2 unspecified atom stereocenters. The van der Waals surface area contributed by atoms with E-state index >= 15 is 0 Å². The first-order valence-corrected chi connectivity index (χ1v) is 10.5. The van der Waals surface area contributed by atoms with Crippen LogP contribution in [0.3, 0.4) is 0 Å². The third-order valence-electron chi connectivity index (χ3n) is 4.86. The molecular weight excluding hydrogens is 441 g/mol. The number of pyridine rings is 1. The summed E-state index contributed by atoms with van der Waals surface area (Å²) < 4.78 is 79.1. The van der Waals surface area contributed by atoms with Gasteiger partial charge in [0.15, 0.2) is 4.90 Å². The van der Waals surface area contributed by atoms with Crippen LogP contribution >= 0.6 is 0 Å². The van der Waals surface area contributed by atoms with Gasteiger partial charge in [-0.1, -0.05) is 6.92 Å². The van der Waals surface area contributed by atoms with Gasteiger partial charge in [0.05, 0.1) is 25.5 Å². The fraction of sp³-hybridized carbons (Fsp3) is 0.412. The molecule has 3 aromatic heterocycles. The summed E-state index contributed by atoms with van der Waals surface area (Å²) in [5, 5.41) is 3.97. The highest BCUT2D eigenvalue weighted by atomic mass is 32.2. The standard InChI is InChI=1S/C17H17F3N6O4S/c1-8-6-9(8)11-7-12(29-2)26-16(22-11)23-15(24-26)25-31(27,28)13-10(17(18,19)20)4-5-21-14(13)30-3/h4-5,7-9H,6H2,1-3H3,(H,24,25). The molecular formula is C17H17F3N6O4S. The highest BCUT2D eigenvalue weighted by Crippen LogP contribution is 2.46. The van der Waals surface area contributed by atoms with Crippen LogP contribution in [0.5, 0.6) is 11.8 Å². The Morgan fingerprint density at radius 2 is 1.94 bits per heavy atom. The predicted molar refractivity (Wildman–Crippen MR) is 100 cm³/mol. The molecule has 10 nitrogen and oxygen atoms in total. The number of hydrogen-bond acceptors (Lipinski definition) is 8. The number of alkyl halides is 3. The van der Waals surface area contributed by atoms with Gasteiger partial charge in [-0.15, -0.1) is 5.10 Å². The molecule has 0 spiro atoms. The highest BCUT2D eigenvalue weighted by molar-refractivity contribution is 7.92. The van der Waals surface area contributed by atoms with Crippen LogP contribution in [0.2, 0.25) is 0 Å². The molecule has 0 bridgehead atoms. The second kappa shape index (κ2) is 7.21. The first kappa shape index (κ1) is 21.1. The van der Waals surface area contributed by atoms with Crippen molar-refractivity contribution >= 4 is 21.7 Å². The minimum absolute atomic E-state index is 0.0420. The molecule has 31 heavy (non-hydrogen) atoms. The maximum atomic E-state index is 13.4. The number of hydrogen-bond donors (Lipinski definition) is 1. The van der Waals surface area contributed by atoms with Gasteiger partial charge < -0.3 is 9.47 Å². The Labute approximate surface area is 174 Å². The zero-order valence-corrected chi connectivity index (χ0v) is 17.3. The third-order valence-corrected chi connectivity index (χ3v) is 6.25. The second-order valence-electron chi connectivity index (χ2n) is 6.99. The smallest absolute Gasteiger partial charge is 0.418 e. The lowest BCUT2D eigenvalue weighted by atomic mass is 10.2. The van der Waals surface area contributed by atoms with Crippen LogP contribution < -0.4 is 14.2 Å². The van der Waals surface area contributed by atoms with Crippen molar-refractivity contribution in [1.82, 2.24) is 24.6 Å². The van der Waals surface area contributed by atoms with E-state index < -0.39 is 38.5 Å². The molecule has 1 aliphatic carbocycles. The largest absolute Gasteiger partial charge is 0.481 e. The molecule has 3 aromatic rings. The number of fused-ring (bicyclic) bond motifs is 1. The van der Waals surface area contributed by atoms with E-state index in [0.717, 1.165) is 24.2 Å². The summed E-state index contributed by atoms with van der Waals surface area (Å²) in [7, 11) is -2.41. The van der Waals surface area contributed by atoms with Crippen LogP contribution in [0.1, 0.15) is 30.5 Å². The van der Waals surface area contributed by atoms with Crippen LogP contribution in [0.15, 0.2) is 23.2 Å². The van der Waals surface area contributed by atoms with Gasteiger partial charge in [-0.2, -0.15) is 22.7 Å². The molecule has 2 atom stereocenters. The van der Waals surface area contributed by atoms with Gasteiger partial charge in [0.25, 0.3) is 21.7 Å². The van der Waals surface area contributed by atoms with E-state index in [2.05, 4.69) is 27.0 Å². The molecule has 0 aromatic carbocycles. The fourth-order valence-corrected chi connectivity index (χ4v) is 4.47. The number of rotatable bonds is 6. The molecule has 3 heterocycles. The highest BCUT2D eigenvalue weighted by Gasteiger charge is 2.41. The third kappa shape index (κ3) is 3.82. The van der Waals surface area contributed by atoms with E-state index in [1.54, 1.807) is 6.07 Å². The zero-order chi connectivity index (χ0) is 22.6. The van der Waals surface area contributed by atoms with Gasteiger partial charge in [-0.3, -0.25) is 0 Å². The van der Waals surface area contributed by atoms with Crippen LogP contribution in [0.4, 0.5) is 19.1 Å². The van der Waals surface area contributed by atoms with Gasteiger partial charge in [-0.25, -0.2) is 23.1 Å². The number of ether oxygens (including phenoxy) is 2. The summed E-state index contributed by atoms with van der Waals surface area (Å²) in [4.78, 5) is 10.8. The maximum absolute atomic E-state index is 13.4. The summed E-state index contributed by atoms with van der Waals surface area (Å²) >= 11 is 0. The number of halogens is 3. The first-order valence-electron chi connectivity index (χ1n) is 9.00. The number of sulfonamides is 1. The van der Waals surface area contributed by atoms with Crippen molar-refractivity contribution in [3.05, 3.63) is 29.6 Å². The van der Waals surface area contributed by atoms with E-state index in [1.165, 1.54) is 7.11 Å². The number of methoxy groups -OCH3 is 2. The predicted octanol–water partition coefficient (Wildman–Crippen LogP) is 2.48. The van der Waals surface area contributed by atoms with Crippen LogP contribution in [-0.2, 0) is 16.2 Å². The van der Waals surface area contributed by atoms with Crippen molar-refractivity contribution in [1.29, 1.82) is 0 Å². The zero-order valence-electron chi connectivity index (χ0n) is 16.5. The lowest BCUT2D eigenvalue weighted by Gasteiger charge is -2.15.